The van der Waals surface area contributed by atoms with E-state index in [0.29, 0.717) is 5.01 Å². The molecule has 2 aromatic heterocycles. The lowest BCUT2D eigenvalue weighted by atomic mass is 10.1. The third kappa shape index (κ3) is 1.98. The van der Waals surface area contributed by atoms with Crippen molar-refractivity contribution < 1.29 is 4.79 Å². The van der Waals surface area contributed by atoms with Crippen LogP contribution >= 0.6 is 11.3 Å². The van der Waals surface area contributed by atoms with Gasteiger partial charge < -0.3 is 5.73 Å². The summed E-state index contributed by atoms with van der Waals surface area (Å²) in [6.07, 6.45) is 1.76. The first kappa shape index (κ1) is 11.8. The SMILES string of the molecule is Cc1nc(C(N)=O)sc1-c1ccnc2ccccc12. The zero-order chi connectivity index (χ0) is 13.4. The quantitative estimate of drug-likeness (QED) is 0.777. The van der Waals surface area contributed by atoms with Crippen molar-refractivity contribution in [2.45, 2.75) is 6.92 Å². The van der Waals surface area contributed by atoms with Crippen LogP contribution < -0.4 is 5.73 Å². The number of thiazole rings is 1. The summed E-state index contributed by atoms with van der Waals surface area (Å²) in [6, 6.07) is 9.84. The Bertz CT molecular complexity index is 774. The molecule has 1 aromatic carbocycles. The van der Waals surface area contributed by atoms with E-state index in [1.54, 1.807) is 6.20 Å². The van der Waals surface area contributed by atoms with E-state index in [1.165, 1.54) is 11.3 Å². The van der Waals surface area contributed by atoms with Crippen molar-refractivity contribution >= 4 is 28.1 Å². The maximum atomic E-state index is 11.2. The average Bonchev–Trinajstić information content (AvgIpc) is 2.80. The Morgan fingerprint density at radius 1 is 1.26 bits per heavy atom. The molecule has 0 bridgehead atoms. The number of carbonyl (C=O) groups excluding carboxylic acids is 1. The number of nitrogens with zero attached hydrogens (tertiary/aromatic N) is 2. The highest BCUT2D eigenvalue weighted by atomic mass is 32.1. The predicted molar refractivity (Wildman–Crippen MR) is 76.1 cm³/mol. The second-order valence-electron chi connectivity index (χ2n) is 4.17. The molecule has 19 heavy (non-hydrogen) atoms. The largest absolute Gasteiger partial charge is 0.364 e. The van der Waals surface area contributed by atoms with Crippen LogP contribution in [0.2, 0.25) is 0 Å². The molecule has 0 spiro atoms. The normalized spacial score (nSPS) is 10.8. The fraction of sp³-hybridized carbons (Fsp3) is 0.0714. The Hall–Kier alpha value is -2.27. The van der Waals surface area contributed by atoms with Crippen molar-refractivity contribution in [3.8, 4) is 10.4 Å². The van der Waals surface area contributed by atoms with Crippen molar-refractivity contribution in [2.24, 2.45) is 5.73 Å². The summed E-state index contributed by atoms with van der Waals surface area (Å²) in [4.78, 5) is 20.7. The van der Waals surface area contributed by atoms with Gasteiger partial charge in [-0.1, -0.05) is 18.2 Å². The number of fused-ring (bicyclic) bond motifs is 1. The molecular weight excluding hydrogens is 258 g/mol. The van der Waals surface area contributed by atoms with E-state index in [4.69, 9.17) is 5.73 Å². The maximum absolute atomic E-state index is 11.2. The van der Waals surface area contributed by atoms with Gasteiger partial charge in [-0.3, -0.25) is 9.78 Å². The number of para-hydroxylation sites is 1. The van der Waals surface area contributed by atoms with Gasteiger partial charge in [0.1, 0.15) is 0 Å². The van der Waals surface area contributed by atoms with Gasteiger partial charge in [-0.05, 0) is 19.1 Å². The Morgan fingerprint density at radius 3 is 2.79 bits per heavy atom. The van der Waals surface area contributed by atoms with Crippen molar-refractivity contribution in [1.29, 1.82) is 0 Å². The lowest BCUT2D eigenvalue weighted by Crippen LogP contribution is -2.10. The highest BCUT2D eigenvalue weighted by molar-refractivity contribution is 7.17. The Morgan fingerprint density at radius 2 is 2.05 bits per heavy atom. The summed E-state index contributed by atoms with van der Waals surface area (Å²) in [6.45, 7) is 1.88. The van der Waals surface area contributed by atoms with Crippen LogP contribution in [-0.2, 0) is 0 Å². The molecule has 2 N–H and O–H groups in total. The minimum absolute atomic E-state index is 0.341. The van der Waals surface area contributed by atoms with E-state index in [9.17, 15) is 4.79 Å². The van der Waals surface area contributed by atoms with Gasteiger partial charge in [-0.25, -0.2) is 4.98 Å². The van der Waals surface area contributed by atoms with Gasteiger partial charge in [0.25, 0.3) is 5.91 Å². The number of benzene rings is 1. The molecular formula is C14H11N3OS. The van der Waals surface area contributed by atoms with Gasteiger partial charge in [0.15, 0.2) is 5.01 Å². The van der Waals surface area contributed by atoms with E-state index < -0.39 is 5.91 Å². The van der Waals surface area contributed by atoms with E-state index in [2.05, 4.69) is 9.97 Å². The zero-order valence-electron chi connectivity index (χ0n) is 10.3. The number of pyridine rings is 1. The predicted octanol–water partition coefficient (Wildman–Crippen LogP) is 2.77. The van der Waals surface area contributed by atoms with Crippen molar-refractivity contribution in [1.82, 2.24) is 9.97 Å². The highest BCUT2D eigenvalue weighted by Crippen LogP contribution is 2.34. The molecule has 94 valence electrons. The number of nitrogens with two attached hydrogens (primary N) is 1. The minimum Gasteiger partial charge on any atom is -0.364 e. The van der Waals surface area contributed by atoms with Gasteiger partial charge in [-0.15, -0.1) is 11.3 Å². The summed E-state index contributed by atoms with van der Waals surface area (Å²) in [5, 5.41) is 1.39. The summed E-state index contributed by atoms with van der Waals surface area (Å²) in [7, 11) is 0. The monoisotopic (exact) mass is 269 g/mol. The highest BCUT2D eigenvalue weighted by Gasteiger charge is 2.15. The number of carbonyl (C=O) groups is 1. The molecule has 0 aliphatic carbocycles. The fourth-order valence-electron chi connectivity index (χ4n) is 2.05. The van der Waals surface area contributed by atoms with Crippen LogP contribution in [0.1, 0.15) is 15.5 Å². The van der Waals surface area contributed by atoms with Crippen LogP contribution in [0.4, 0.5) is 0 Å². The number of hydrogen-bond donors (Lipinski definition) is 1. The third-order valence-corrected chi connectivity index (χ3v) is 4.11. The third-order valence-electron chi connectivity index (χ3n) is 2.90. The Balaban J connectivity index is 2.27. The Labute approximate surface area is 113 Å². The van der Waals surface area contributed by atoms with Crippen LogP contribution in [0, 0.1) is 6.92 Å². The van der Waals surface area contributed by atoms with Crippen LogP contribution in [-0.4, -0.2) is 15.9 Å². The summed E-state index contributed by atoms with van der Waals surface area (Å²) in [5.74, 6) is -0.488. The van der Waals surface area contributed by atoms with E-state index >= 15 is 0 Å². The molecule has 0 saturated heterocycles. The summed E-state index contributed by atoms with van der Waals surface area (Å²) >= 11 is 1.32. The van der Waals surface area contributed by atoms with E-state index in [-0.39, 0.29) is 0 Å². The van der Waals surface area contributed by atoms with Gasteiger partial charge >= 0.3 is 0 Å². The van der Waals surface area contributed by atoms with Crippen LogP contribution in [0.3, 0.4) is 0 Å². The lowest BCUT2D eigenvalue weighted by Gasteiger charge is -2.03. The molecule has 0 atom stereocenters. The second-order valence-corrected chi connectivity index (χ2v) is 5.17. The lowest BCUT2D eigenvalue weighted by molar-refractivity contribution is 0.1000. The van der Waals surface area contributed by atoms with Crippen molar-refractivity contribution in [3.05, 3.63) is 47.2 Å². The summed E-state index contributed by atoms with van der Waals surface area (Å²) in [5.41, 5.74) is 8.06. The number of amides is 1. The molecule has 5 heteroatoms. The Kier molecular flexibility index (Phi) is 2.76. The number of rotatable bonds is 2. The van der Waals surface area contributed by atoms with Gasteiger partial charge in [0.2, 0.25) is 0 Å². The standard InChI is InChI=1S/C14H11N3OS/c1-8-12(19-14(17-8)13(15)18)10-6-7-16-11-5-3-2-4-9(10)11/h2-7H,1H3,(H2,15,18). The first-order valence-corrected chi connectivity index (χ1v) is 6.60. The number of hydrogen-bond acceptors (Lipinski definition) is 4. The van der Waals surface area contributed by atoms with Gasteiger partial charge in [0.05, 0.1) is 16.1 Å². The molecule has 3 aromatic rings. The van der Waals surface area contributed by atoms with Crippen molar-refractivity contribution in [3.63, 3.8) is 0 Å². The first-order chi connectivity index (χ1) is 9.16. The molecule has 1 amide bonds. The van der Waals surface area contributed by atoms with Gasteiger partial charge in [0, 0.05) is 17.1 Å². The molecule has 0 aliphatic heterocycles. The second kappa shape index (κ2) is 4.44. The number of primary amides is 1. The van der Waals surface area contributed by atoms with Crippen molar-refractivity contribution in [2.75, 3.05) is 0 Å². The van der Waals surface area contributed by atoms with Crippen LogP contribution in [0.25, 0.3) is 21.3 Å². The fourth-order valence-corrected chi connectivity index (χ4v) is 3.00. The molecule has 0 aliphatic rings. The average molecular weight is 269 g/mol. The number of aromatic nitrogens is 2. The molecule has 0 unspecified atom stereocenters. The molecule has 0 radical (unpaired) electrons. The molecule has 4 nitrogen and oxygen atoms in total. The molecule has 0 saturated carbocycles. The van der Waals surface area contributed by atoms with Crippen LogP contribution in [0.5, 0.6) is 0 Å². The van der Waals surface area contributed by atoms with E-state index in [1.807, 2.05) is 37.3 Å². The molecule has 2 heterocycles. The minimum atomic E-state index is -0.488. The van der Waals surface area contributed by atoms with Crippen LogP contribution in [0.15, 0.2) is 36.5 Å². The number of aryl methyl sites for hydroxylation is 1. The summed E-state index contributed by atoms with van der Waals surface area (Å²) < 4.78 is 0. The molecule has 0 fully saturated rings. The van der Waals surface area contributed by atoms with Gasteiger partial charge in [-0.2, -0.15) is 0 Å². The first-order valence-electron chi connectivity index (χ1n) is 5.78. The topological polar surface area (TPSA) is 68.9 Å². The zero-order valence-corrected chi connectivity index (χ0v) is 11.1. The molecule has 3 rings (SSSR count). The smallest absolute Gasteiger partial charge is 0.277 e. The van der Waals surface area contributed by atoms with E-state index in [0.717, 1.165) is 27.0 Å². The maximum Gasteiger partial charge on any atom is 0.277 e.